The van der Waals surface area contributed by atoms with Crippen molar-refractivity contribution >= 4 is 11.6 Å². The highest BCUT2D eigenvalue weighted by Crippen LogP contribution is 2.20. The highest BCUT2D eigenvalue weighted by atomic mass is 16.5. The Morgan fingerprint density at radius 3 is 2.62 bits per heavy atom. The smallest absolute Gasteiger partial charge is 0.249 e. The minimum Gasteiger partial charge on any atom is -0.372 e. The topological polar surface area (TPSA) is 41.6 Å². The van der Waals surface area contributed by atoms with Gasteiger partial charge in [-0.25, -0.2) is 0 Å². The van der Waals surface area contributed by atoms with Crippen LogP contribution >= 0.6 is 0 Å². The molecule has 2 aliphatic rings. The van der Waals surface area contributed by atoms with Crippen molar-refractivity contribution in [2.75, 3.05) is 31.1 Å². The fourth-order valence-corrected chi connectivity index (χ4v) is 3.08. The lowest BCUT2D eigenvalue weighted by molar-refractivity contribution is -0.129. The van der Waals surface area contributed by atoms with Crippen LogP contribution in [0, 0.1) is 0 Å². The van der Waals surface area contributed by atoms with E-state index >= 15 is 0 Å². The summed E-state index contributed by atoms with van der Waals surface area (Å²) in [6.45, 7) is 3.76. The second-order valence-corrected chi connectivity index (χ2v) is 5.90. The average Bonchev–Trinajstić information content (AvgIpc) is 3.21. The molecule has 0 bridgehead atoms. The fourth-order valence-electron chi connectivity index (χ4n) is 3.08. The van der Waals surface area contributed by atoms with Crippen LogP contribution in [0.15, 0.2) is 24.3 Å². The molecule has 1 atom stereocenters. The van der Waals surface area contributed by atoms with Crippen molar-refractivity contribution in [3.8, 4) is 0 Å². The molecular weight excluding hydrogens is 264 g/mol. The molecule has 0 saturated carbocycles. The van der Waals surface area contributed by atoms with E-state index < -0.39 is 0 Å². The highest BCUT2D eigenvalue weighted by Gasteiger charge is 2.22. The third-order valence-corrected chi connectivity index (χ3v) is 4.34. The summed E-state index contributed by atoms with van der Waals surface area (Å²) in [6.07, 6.45) is 5.11. The average molecular weight is 288 g/mol. The van der Waals surface area contributed by atoms with Crippen molar-refractivity contribution in [1.82, 2.24) is 5.32 Å². The molecule has 3 rings (SSSR count). The SMILES string of the molecule is O=C(NCCc1ccc(N2CCCC2)cc1)C1CCCO1. The van der Waals surface area contributed by atoms with E-state index in [0.29, 0.717) is 6.54 Å². The molecule has 1 N–H and O–H groups in total. The summed E-state index contributed by atoms with van der Waals surface area (Å²) in [5.74, 6) is 0.0428. The van der Waals surface area contributed by atoms with Crippen LogP contribution in [-0.4, -0.2) is 38.3 Å². The van der Waals surface area contributed by atoms with E-state index in [1.807, 2.05) is 0 Å². The number of hydrogen-bond acceptors (Lipinski definition) is 3. The van der Waals surface area contributed by atoms with Crippen LogP contribution in [0.25, 0.3) is 0 Å². The molecule has 1 aromatic rings. The lowest BCUT2D eigenvalue weighted by atomic mass is 10.1. The summed E-state index contributed by atoms with van der Waals surface area (Å²) in [5, 5.41) is 2.97. The lowest BCUT2D eigenvalue weighted by Gasteiger charge is -2.17. The number of nitrogens with one attached hydrogen (secondary N) is 1. The molecule has 1 unspecified atom stereocenters. The van der Waals surface area contributed by atoms with E-state index in [4.69, 9.17) is 4.74 Å². The molecule has 0 aliphatic carbocycles. The van der Waals surface area contributed by atoms with Gasteiger partial charge in [0.2, 0.25) is 5.91 Å². The van der Waals surface area contributed by atoms with E-state index in [1.54, 1.807) is 0 Å². The third kappa shape index (κ3) is 3.76. The lowest BCUT2D eigenvalue weighted by Crippen LogP contribution is -2.35. The summed E-state index contributed by atoms with van der Waals surface area (Å²) in [7, 11) is 0. The number of nitrogens with zero attached hydrogens (tertiary/aromatic N) is 1. The van der Waals surface area contributed by atoms with E-state index in [0.717, 1.165) is 25.9 Å². The monoisotopic (exact) mass is 288 g/mol. The Bertz CT molecular complexity index is 460. The number of carbonyl (C=O) groups excluding carboxylic acids is 1. The highest BCUT2D eigenvalue weighted by molar-refractivity contribution is 5.80. The first-order chi connectivity index (χ1) is 10.3. The second-order valence-electron chi connectivity index (χ2n) is 5.90. The summed E-state index contributed by atoms with van der Waals surface area (Å²) < 4.78 is 5.37. The van der Waals surface area contributed by atoms with Gasteiger partial charge >= 0.3 is 0 Å². The van der Waals surface area contributed by atoms with Gasteiger partial charge in [-0.2, -0.15) is 0 Å². The van der Waals surface area contributed by atoms with Gasteiger partial charge in [0.1, 0.15) is 6.10 Å². The molecule has 0 aromatic heterocycles. The van der Waals surface area contributed by atoms with Crippen LogP contribution < -0.4 is 10.2 Å². The Kier molecular flexibility index (Phi) is 4.76. The standard InChI is InChI=1S/C17H24N2O2/c20-17(16-4-3-13-21-16)18-10-9-14-5-7-15(8-6-14)19-11-1-2-12-19/h5-8,16H,1-4,9-13H2,(H,18,20). The Morgan fingerprint density at radius 1 is 1.19 bits per heavy atom. The quantitative estimate of drug-likeness (QED) is 0.902. The summed E-state index contributed by atoms with van der Waals surface area (Å²) in [4.78, 5) is 14.3. The number of hydrogen-bond donors (Lipinski definition) is 1. The van der Waals surface area contributed by atoms with Crippen LogP contribution in [-0.2, 0) is 16.0 Å². The molecule has 2 heterocycles. The third-order valence-electron chi connectivity index (χ3n) is 4.34. The zero-order valence-corrected chi connectivity index (χ0v) is 12.5. The first-order valence-corrected chi connectivity index (χ1v) is 8.06. The van der Waals surface area contributed by atoms with Gasteiger partial charge in [-0.1, -0.05) is 12.1 Å². The molecule has 4 heteroatoms. The Morgan fingerprint density at radius 2 is 1.95 bits per heavy atom. The van der Waals surface area contributed by atoms with Crippen LogP contribution in [0.2, 0.25) is 0 Å². The molecule has 1 aromatic carbocycles. The number of amides is 1. The molecule has 21 heavy (non-hydrogen) atoms. The first kappa shape index (κ1) is 14.4. The maximum absolute atomic E-state index is 11.8. The number of rotatable bonds is 5. The predicted molar refractivity (Wildman–Crippen MR) is 83.6 cm³/mol. The van der Waals surface area contributed by atoms with Gasteiger partial charge in [0.05, 0.1) is 0 Å². The van der Waals surface area contributed by atoms with Gasteiger partial charge < -0.3 is 15.0 Å². The van der Waals surface area contributed by atoms with E-state index in [2.05, 4.69) is 34.5 Å². The molecule has 0 radical (unpaired) electrons. The van der Waals surface area contributed by atoms with Crippen LogP contribution in [0.3, 0.4) is 0 Å². The molecule has 0 spiro atoms. The maximum atomic E-state index is 11.8. The minimum atomic E-state index is -0.220. The van der Waals surface area contributed by atoms with E-state index in [9.17, 15) is 4.79 Å². The van der Waals surface area contributed by atoms with Crippen molar-refractivity contribution in [1.29, 1.82) is 0 Å². The summed E-state index contributed by atoms with van der Waals surface area (Å²) >= 11 is 0. The maximum Gasteiger partial charge on any atom is 0.249 e. The Balaban J connectivity index is 1.43. The summed E-state index contributed by atoms with van der Waals surface area (Å²) in [6, 6.07) is 8.74. The number of carbonyl (C=O) groups is 1. The Hall–Kier alpha value is -1.55. The predicted octanol–water partition coefficient (Wildman–Crippen LogP) is 2.12. The van der Waals surface area contributed by atoms with Crippen molar-refractivity contribution in [2.45, 2.75) is 38.2 Å². The first-order valence-electron chi connectivity index (χ1n) is 8.06. The fraction of sp³-hybridized carbons (Fsp3) is 0.588. The van der Waals surface area contributed by atoms with Crippen LogP contribution in [0.4, 0.5) is 5.69 Å². The van der Waals surface area contributed by atoms with Crippen molar-refractivity contribution in [3.63, 3.8) is 0 Å². The van der Waals surface area contributed by atoms with Gasteiger partial charge in [0, 0.05) is 31.9 Å². The van der Waals surface area contributed by atoms with Crippen molar-refractivity contribution in [2.24, 2.45) is 0 Å². The molecular formula is C17H24N2O2. The largest absolute Gasteiger partial charge is 0.372 e. The van der Waals surface area contributed by atoms with Gasteiger partial charge in [0.15, 0.2) is 0 Å². The molecule has 2 fully saturated rings. The zero-order chi connectivity index (χ0) is 14.5. The van der Waals surface area contributed by atoms with Gasteiger partial charge in [-0.3, -0.25) is 4.79 Å². The van der Waals surface area contributed by atoms with Crippen molar-refractivity contribution in [3.05, 3.63) is 29.8 Å². The van der Waals surface area contributed by atoms with E-state index in [1.165, 1.54) is 37.2 Å². The Labute approximate surface area is 126 Å². The van der Waals surface area contributed by atoms with Gasteiger partial charge in [-0.15, -0.1) is 0 Å². The van der Waals surface area contributed by atoms with Crippen molar-refractivity contribution < 1.29 is 9.53 Å². The second kappa shape index (κ2) is 6.94. The zero-order valence-electron chi connectivity index (χ0n) is 12.5. The number of benzene rings is 1. The minimum absolute atomic E-state index is 0.0428. The normalized spacial score (nSPS) is 21.7. The van der Waals surface area contributed by atoms with Gasteiger partial charge in [0.25, 0.3) is 0 Å². The van der Waals surface area contributed by atoms with Crippen LogP contribution in [0.5, 0.6) is 0 Å². The van der Waals surface area contributed by atoms with Crippen LogP contribution in [0.1, 0.15) is 31.2 Å². The van der Waals surface area contributed by atoms with E-state index in [-0.39, 0.29) is 12.0 Å². The molecule has 2 aliphatic heterocycles. The molecule has 4 nitrogen and oxygen atoms in total. The molecule has 1 amide bonds. The van der Waals surface area contributed by atoms with Gasteiger partial charge in [-0.05, 0) is 49.8 Å². The summed E-state index contributed by atoms with van der Waals surface area (Å²) in [5.41, 5.74) is 2.59. The molecule has 114 valence electrons. The number of anilines is 1. The number of ether oxygens (including phenoxy) is 1. The molecule has 2 saturated heterocycles.